The minimum absolute atomic E-state index is 0.298. The average molecular weight is 262 g/mol. The minimum Gasteiger partial charge on any atom is -0.487 e. The molecule has 0 aliphatic carbocycles. The third kappa shape index (κ3) is 2.35. The molecule has 1 N–H and O–H groups in total. The highest BCUT2D eigenvalue weighted by atomic mass is 32.1. The number of aromatic nitrogens is 1. The van der Waals surface area contributed by atoms with Crippen LogP contribution in [0.2, 0.25) is 0 Å². The van der Waals surface area contributed by atoms with Gasteiger partial charge in [0.2, 0.25) is 0 Å². The van der Waals surface area contributed by atoms with Gasteiger partial charge < -0.3 is 10.1 Å². The number of aryl methyl sites for hydroxylation is 1. The highest BCUT2D eigenvalue weighted by Crippen LogP contribution is 2.31. The number of ether oxygens (including phenoxy) is 1. The number of benzene rings is 1. The van der Waals surface area contributed by atoms with Crippen LogP contribution in [-0.4, -0.2) is 24.2 Å². The summed E-state index contributed by atoms with van der Waals surface area (Å²) in [7, 11) is 0. The molecular formula is C14H18N2OS. The van der Waals surface area contributed by atoms with E-state index in [9.17, 15) is 0 Å². The smallest absolute Gasteiger partial charge is 0.146 e. The first-order valence-corrected chi connectivity index (χ1v) is 7.44. The van der Waals surface area contributed by atoms with Gasteiger partial charge in [-0.1, -0.05) is 13.0 Å². The molecule has 0 bridgehead atoms. The quantitative estimate of drug-likeness (QED) is 0.919. The second-order valence-corrected chi connectivity index (χ2v) is 5.81. The number of nitrogens with zero attached hydrogens (tertiary/aromatic N) is 1. The molecule has 1 saturated heterocycles. The van der Waals surface area contributed by atoms with Gasteiger partial charge in [0.15, 0.2) is 0 Å². The van der Waals surface area contributed by atoms with Crippen LogP contribution in [0.5, 0.6) is 5.75 Å². The molecule has 0 radical (unpaired) electrons. The van der Waals surface area contributed by atoms with Crippen molar-refractivity contribution in [3.8, 4) is 5.75 Å². The number of fused-ring (bicyclic) bond motifs is 1. The molecule has 0 saturated carbocycles. The second-order valence-electron chi connectivity index (χ2n) is 4.69. The van der Waals surface area contributed by atoms with E-state index < -0.39 is 0 Å². The Morgan fingerprint density at radius 1 is 1.50 bits per heavy atom. The Bertz CT molecular complexity index is 532. The molecule has 1 aromatic carbocycles. The number of thiazole rings is 1. The van der Waals surface area contributed by atoms with Gasteiger partial charge in [0, 0.05) is 6.54 Å². The highest BCUT2D eigenvalue weighted by molar-refractivity contribution is 7.18. The van der Waals surface area contributed by atoms with E-state index in [0.29, 0.717) is 6.10 Å². The van der Waals surface area contributed by atoms with Crippen LogP contribution in [0.25, 0.3) is 10.2 Å². The van der Waals surface area contributed by atoms with Gasteiger partial charge >= 0.3 is 0 Å². The zero-order chi connectivity index (χ0) is 12.4. The lowest BCUT2D eigenvalue weighted by atomic mass is 10.3. The molecule has 1 aliphatic heterocycles. The number of hydrogen-bond donors (Lipinski definition) is 1. The molecule has 0 spiro atoms. The van der Waals surface area contributed by atoms with E-state index in [1.807, 2.05) is 6.07 Å². The Kier molecular flexibility index (Phi) is 3.48. The van der Waals surface area contributed by atoms with Crippen LogP contribution in [0.3, 0.4) is 0 Å². The van der Waals surface area contributed by atoms with Crippen molar-refractivity contribution in [1.29, 1.82) is 0 Å². The molecule has 1 fully saturated rings. The third-order valence-corrected chi connectivity index (χ3v) is 4.28. The summed E-state index contributed by atoms with van der Waals surface area (Å²) < 4.78 is 7.30. The number of rotatable bonds is 4. The predicted octanol–water partition coefficient (Wildman–Crippen LogP) is 2.99. The van der Waals surface area contributed by atoms with Gasteiger partial charge in [-0.25, -0.2) is 4.98 Å². The molecule has 4 heteroatoms. The summed E-state index contributed by atoms with van der Waals surface area (Å²) in [5.74, 6) is 0.944. The Balaban J connectivity index is 1.90. The largest absolute Gasteiger partial charge is 0.487 e. The van der Waals surface area contributed by atoms with Crippen molar-refractivity contribution in [2.24, 2.45) is 0 Å². The predicted molar refractivity (Wildman–Crippen MR) is 75.5 cm³/mol. The molecular weight excluding hydrogens is 244 g/mol. The van der Waals surface area contributed by atoms with E-state index in [0.717, 1.165) is 43.6 Å². The molecule has 1 aromatic heterocycles. The third-order valence-electron chi connectivity index (χ3n) is 3.20. The Morgan fingerprint density at radius 2 is 2.44 bits per heavy atom. The Labute approximate surface area is 111 Å². The lowest BCUT2D eigenvalue weighted by Gasteiger charge is -2.12. The monoisotopic (exact) mass is 262 g/mol. The van der Waals surface area contributed by atoms with Crippen LogP contribution in [0, 0.1) is 0 Å². The van der Waals surface area contributed by atoms with Crippen molar-refractivity contribution in [1.82, 2.24) is 10.3 Å². The molecule has 96 valence electrons. The maximum atomic E-state index is 6.06. The normalized spacial score (nSPS) is 19.5. The van der Waals surface area contributed by atoms with Gasteiger partial charge in [-0.05, 0) is 37.9 Å². The van der Waals surface area contributed by atoms with E-state index in [4.69, 9.17) is 9.72 Å². The molecule has 2 aromatic rings. The summed E-state index contributed by atoms with van der Waals surface area (Å²) in [6.45, 7) is 4.19. The summed E-state index contributed by atoms with van der Waals surface area (Å²) in [6, 6.07) is 6.23. The van der Waals surface area contributed by atoms with Crippen LogP contribution in [0.15, 0.2) is 18.2 Å². The SMILES string of the molecule is CCCc1nc2c(OC3CCNC3)cccc2s1. The molecule has 3 nitrogen and oxygen atoms in total. The summed E-state index contributed by atoms with van der Waals surface area (Å²) >= 11 is 1.79. The fourth-order valence-electron chi connectivity index (χ4n) is 2.29. The molecule has 2 heterocycles. The average Bonchev–Trinajstić information content (AvgIpc) is 2.98. The van der Waals surface area contributed by atoms with Gasteiger partial charge in [-0.3, -0.25) is 0 Å². The summed E-state index contributed by atoms with van der Waals surface area (Å²) in [5.41, 5.74) is 1.04. The van der Waals surface area contributed by atoms with E-state index in [2.05, 4.69) is 24.4 Å². The summed E-state index contributed by atoms with van der Waals surface area (Å²) in [4.78, 5) is 4.72. The fourth-order valence-corrected chi connectivity index (χ4v) is 3.38. The van der Waals surface area contributed by atoms with Crippen LogP contribution < -0.4 is 10.1 Å². The van der Waals surface area contributed by atoms with Gasteiger partial charge in [0.05, 0.1) is 9.71 Å². The number of para-hydroxylation sites is 1. The molecule has 1 atom stereocenters. The Morgan fingerprint density at radius 3 is 3.22 bits per heavy atom. The van der Waals surface area contributed by atoms with Crippen LogP contribution in [0.1, 0.15) is 24.8 Å². The molecule has 0 amide bonds. The fraction of sp³-hybridized carbons (Fsp3) is 0.500. The van der Waals surface area contributed by atoms with Gasteiger partial charge in [-0.2, -0.15) is 0 Å². The highest BCUT2D eigenvalue weighted by Gasteiger charge is 2.18. The molecule has 1 unspecified atom stereocenters. The van der Waals surface area contributed by atoms with Crippen LogP contribution in [0.4, 0.5) is 0 Å². The second kappa shape index (κ2) is 5.24. The first-order valence-electron chi connectivity index (χ1n) is 6.62. The van der Waals surface area contributed by atoms with Crippen molar-refractivity contribution in [2.45, 2.75) is 32.3 Å². The molecule has 3 rings (SSSR count). The van der Waals surface area contributed by atoms with Gasteiger partial charge in [-0.15, -0.1) is 11.3 Å². The van der Waals surface area contributed by atoms with E-state index in [1.54, 1.807) is 11.3 Å². The van der Waals surface area contributed by atoms with E-state index in [-0.39, 0.29) is 0 Å². The van der Waals surface area contributed by atoms with Gasteiger partial charge in [0.1, 0.15) is 17.4 Å². The zero-order valence-corrected chi connectivity index (χ0v) is 11.4. The number of hydrogen-bond acceptors (Lipinski definition) is 4. The van der Waals surface area contributed by atoms with E-state index >= 15 is 0 Å². The topological polar surface area (TPSA) is 34.1 Å². The zero-order valence-electron chi connectivity index (χ0n) is 10.6. The lowest BCUT2D eigenvalue weighted by Crippen LogP contribution is -2.19. The maximum absolute atomic E-state index is 6.06. The number of nitrogens with one attached hydrogen (secondary N) is 1. The maximum Gasteiger partial charge on any atom is 0.146 e. The first-order chi connectivity index (χ1) is 8.86. The van der Waals surface area contributed by atoms with Crippen LogP contribution >= 0.6 is 11.3 Å². The molecule has 18 heavy (non-hydrogen) atoms. The van der Waals surface area contributed by atoms with Crippen molar-refractivity contribution in [3.63, 3.8) is 0 Å². The molecule has 1 aliphatic rings. The van der Waals surface area contributed by atoms with Crippen molar-refractivity contribution in [3.05, 3.63) is 23.2 Å². The van der Waals surface area contributed by atoms with Crippen LogP contribution in [-0.2, 0) is 6.42 Å². The standard InChI is InChI=1S/C14H18N2OS/c1-2-4-13-16-14-11(5-3-6-12(14)18-13)17-10-7-8-15-9-10/h3,5-6,10,15H,2,4,7-9H2,1H3. The Hall–Kier alpha value is -1.13. The van der Waals surface area contributed by atoms with Crippen molar-refractivity contribution >= 4 is 21.6 Å². The van der Waals surface area contributed by atoms with E-state index in [1.165, 1.54) is 9.71 Å². The minimum atomic E-state index is 0.298. The van der Waals surface area contributed by atoms with Crippen molar-refractivity contribution in [2.75, 3.05) is 13.1 Å². The lowest BCUT2D eigenvalue weighted by molar-refractivity contribution is 0.225. The van der Waals surface area contributed by atoms with Gasteiger partial charge in [0.25, 0.3) is 0 Å². The summed E-state index contributed by atoms with van der Waals surface area (Å²) in [5, 5.41) is 4.54. The first kappa shape index (κ1) is 11.9. The summed E-state index contributed by atoms with van der Waals surface area (Å²) in [6.07, 6.45) is 3.58. The van der Waals surface area contributed by atoms with Crippen molar-refractivity contribution < 1.29 is 4.74 Å².